The van der Waals surface area contributed by atoms with Crippen LogP contribution in [-0.2, 0) is 0 Å². The number of carbonyl (C=O) groups excluding carboxylic acids is 1. The average Bonchev–Trinajstić information content (AvgIpc) is 3.44. The molecule has 0 spiro atoms. The van der Waals surface area contributed by atoms with Crippen LogP contribution in [0.25, 0.3) is 16.9 Å². The van der Waals surface area contributed by atoms with Gasteiger partial charge in [-0.15, -0.1) is 0 Å². The molecule has 1 fully saturated rings. The molecule has 34 heavy (non-hydrogen) atoms. The van der Waals surface area contributed by atoms with Gasteiger partial charge in [0, 0.05) is 63.5 Å². The van der Waals surface area contributed by atoms with Crippen molar-refractivity contribution in [3.63, 3.8) is 0 Å². The molecule has 1 atom stereocenters. The molecule has 0 bridgehead atoms. The Hall–Kier alpha value is -4.07. The summed E-state index contributed by atoms with van der Waals surface area (Å²) in [7, 11) is 3.88. The number of nitrogens with zero attached hydrogens (tertiary/aromatic N) is 7. The molecule has 1 aliphatic heterocycles. The number of pyridine rings is 1. The monoisotopic (exact) mass is 453 g/mol. The van der Waals surface area contributed by atoms with Gasteiger partial charge in [0.05, 0.1) is 11.3 Å². The van der Waals surface area contributed by atoms with E-state index in [1.54, 1.807) is 17.1 Å². The Bertz CT molecular complexity index is 1250. The van der Waals surface area contributed by atoms with Crippen molar-refractivity contribution in [1.82, 2.24) is 29.6 Å². The number of aromatic nitrogens is 5. The van der Waals surface area contributed by atoms with Crippen LogP contribution >= 0.6 is 0 Å². The van der Waals surface area contributed by atoms with Crippen LogP contribution < -0.4 is 4.90 Å². The molecule has 1 unspecified atom stereocenters. The van der Waals surface area contributed by atoms with Crippen LogP contribution in [0.4, 0.5) is 5.95 Å². The van der Waals surface area contributed by atoms with E-state index in [0.717, 1.165) is 36.2 Å². The van der Waals surface area contributed by atoms with Crippen molar-refractivity contribution in [1.29, 1.82) is 0 Å². The van der Waals surface area contributed by atoms with Crippen molar-refractivity contribution in [2.24, 2.45) is 0 Å². The number of piperidine rings is 1. The second kappa shape index (κ2) is 9.43. The van der Waals surface area contributed by atoms with Crippen LogP contribution in [0.5, 0.6) is 0 Å². The molecule has 0 aliphatic carbocycles. The summed E-state index contributed by atoms with van der Waals surface area (Å²) in [5.74, 6) is 1.48. The molecule has 0 saturated carbocycles. The third kappa shape index (κ3) is 4.39. The molecule has 4 aromatic rings. The summed E-state index contributed by atoms with van der Waals surface area (Å²) in [4.78, 5) is 31.1. The number of amides is 1. The van der Waals surface area contributed by atoms with Crippen LogP contribution in [0.15, 0.2) is 73.3 Å². The molecule has 0 radical (unpaired) electrons. The van der Waals surface area contributed by atoms with E-state index >= 15 is 0 Å². The molecule has 4 heterocycles. The zero-order chi connectivity index (χ0) is 23.5. The largest absolute Gasteiger partial charge is 0.347 e. The summed E-state index contributed by atoms with van der Waals surface area (Å²) in [6.45, 7) is 1.34. The number of benzene rings is 1. The molecule has 8 heteroatoms. The normalized spacial score (nSPS) is 15.8. The van der Waals surface area contributed by atoms with Crippen molar-refractivity contribution in [3.05, 3.63) is 84.6 Å². The zero-order valence-corrected chi connectivity index (χ0v) is 19.4. The minimum absolute atomic E-state index is 0.00707. The first-order valence-electron chi connectivity index (χ1n) is 11.4. The van der Waals surface area contributed by atoms with Crippen LogP contribution in [0.3, 0.4) is 0 Å². The average molecular weight is 454 g/mol. The van der Waals surface area contributed by atoms with Gasteiger partial charge in [-0.1, -0.05) is 30.3 Å². The molecule has 1 amide bonds. The van der Waals surface area contributed by atoms with Gasteiger partial charge in [-0.3, -0.25) is 4.79 Å². The van der Waals surface area contributed by atoms with Gasteiger partial charge in [0.15, 0.2) is 5.82 Å². The minimum Gasteiger partial charge on any atom is -0.347 e. The smallest absolute Gasteiger partial charge is 0.255 e. The van der Waals surface area contributed by atoms with E-state index in [9.17, 15) is 4.79 Å². The molecular weight excluding hydrogens is 426 g/mol. The molecule has 8 nitrogen and oxygen atoms in total. The van der Waals surface area contributed by atoms with Crippen molar-refractivity contribution in [3.8, 4) is 16.9 Å². The number of hydrogen-bond donors (Lipinski definition) is 0. The highest BCUT2D eigenvalue weighted by Crippen LogP contribution is 2.34. The lowest BCUT2D eigenvalue weighted by atomic mass is 9.89. The summed E-state index contributed by atoms with van der Waals surface area (Å²) in [5.41, 5.74) is 3.69. The Morgan fingerprint density at radius 3 is 2.59 bits per heavy atom. The van der Waals surface area contributed by atoms with Crippen LogP contribution in [0, 0.1) is 0 Å². The van der Waals surface area contributed by atoms with Crippen molar-refractivity contribution in [2.75, 3.05) is 32.1 Å². The van der Waals surface area contributed by atoms with E-state index < -0.39 is 0 Å². The van der Waals surface area contributed by atoms with Crippen molar-refractivity contribution in [2.45, 2.75) is 18.8 Å². The van der Waals surface area contributed by atoms with E-state index in [-0.39, 0.29) is 11.8 Å². The predicted molar refractivity (Wildman–Crippen MR) is 131 cm³/mol. The maximum absolute atomic E-state index is 13.3. The summed E-state index contributed by atoms with van der Waals surface area (Å²) >= 11 is 0. The summed E-state index contributed by atoms with van der Waals surface area (Å²) in [6.07, 6.45) is 8.97. The Morgan fingerprint density at radius 2 is 1.88 bits per heavy atom. The highest BCUT2D eigenvalue weighted by molar-refractivity contribution is 5.94. The predicted octanol–water partition coefficient (Wildman–Crippen LogP) is 3.81. The Morgan fingerprint density at radius 1 is 1.03 bits per heavy atom. The van der Waals surface area contributed by atoms with Gasteiger partial charge < -0.3 is 9.80 Å². The van der Waals surface area contributed by atoms with Crippen LogP contribution in [0.2, 0.25) is 0 Å². The summed E-state index contributed by atoms with van der Waals surface area (Å²) in [5, 5.41) is 4.19. The number of likely N-dealkylation sites (tertiary alicyclic amines) is 1. The number of rotatable bonds is 5. The Balaban J connectivity index is 1.41. The van der Waals surface area contributed by atoms with Crippen molar-refractivity contribution >= 4 is 11.9 Å². The van der Waals surface area contributed by atoms with Gasteiger partial charge in [-0.05, 0) is 36.6 Å². The maximum atomic E-state index is 13.3. The fourth-order valence-corrected chi connectivity index (χ4v) is 4.37. The fourth-order valence-electron chi connectivity index (χ4n) is 4.37. The van der Waals surface area contributed by atoms with Gasteiger partial charge in [0.2, 0.25) is 5.95 Å². The SMILES string of the molecule is CN(C)c1ncc(-c2ccccc2)c(C2CCCN(C(=O)c3ccc(-n4cccn4)nc3)C2)n1. The third-order valence-electron chi connectivity index (χ3n) is 6.12. The summed E-state index contributed by atoms with van der Waals surface area (Å²) < 4.78 is 1.67. The quantitative estimate of drug-likeness (QED) is 0.457. The van der Waals surface area contributed by atoms with Gasteiger partial charge in [0.25, 0.3) is 5.91 Å². The van der Waals surface area contributed by atoms with Gasteiger partial charge in [0.1, 0.15) is 0 Å². The molecule has 3 aromatic heterocycles. The minimum atomic E-state index is -0.00707. The standard InChI is InChI=1S/C26H27N7O/c1-31(2)26-28-17-22(19-8-4-3-5-9-19)24(30-26)21-10-6-14-32(18-21)25(34)20-11-12-23(27-16-20)33-15-7-13-29-33/h3-5,7-9,11-13,15-17,21H,6,10,14,18H2,1-2H3. The molecule has 1 aromatic carbocycles. The lowest BCUT2D eigenvalue weighted by Gasteiger charge is -2.33. The number of carbonyl (C=O) groups is 1. The lowest BCUT2D eigenvalue weighted by Crippen LogP contribution is -2.39. The Kier molecular flexibility index (Phi) is 6.03. The van der Waals surface area contributed by atoms with E-state index in [1.807, 2.05) is 72.7 Å². The molecule has 5 rings (SSSR count). The zero-order valence-electron chi connectivity index (χ0n) is 19.4. The molecular formula is C26H27N7O. The van der Waals surface area contributed by atoms with Crippen LogP contribution in [-0.4, -0.2) is 62.7 Å². The molecule has 0 N–H and O–H groups in total. The van der Waals surface area contributed by atoms with Gasteiger partial charge >= 0.3 is 0 Å². The van der Waals surface area contributed by atoms with E-state index in [0.29, 0.717) is 23.9 Å². The van der Waals surface area contributed by atoms with E-state index in [2.05, 4.69) is 27.2 Å². The van der Waals surface area contributed by atoms with Crippen molar-refractivity contribution < 1.29 is 4.79 Å². The first-order chi connectivity index (χ1) is 16.6. The second-order valence-electron chi connectivity index (χ2n) is 8.68. The van der Waals surface area contributed by atoms with E-state index in [4.69, 9.17) is 4.98 Å². The molecule has 1 aliphatic rings. The first kappa shape index (κ1) is 21.8. The lowest BCUT2D eigenvalue weighted by molar-refractivity contribution is 0.0705. The summed E-state index contributed by atoms with van der Waals surface area (Å²) in [6, 6.07) is 15.7. The topological polar surface area (TPSA) is 80.0 Å². The van der Waals surface area contributed by atoms with E-state index in [1.165, 1.54) is 0 Å². The third-order valence-corrected chi connectivity index (χ3v) is 6.12. The fraction of sp³-hybridized carbons (Fsp3) is 0.269. The van der Waals surface area contributed by atoms with Crippen LogP contribution in [0.1, 0.15) is 34.8 Å². The first-order valence-corrected chi connectivity index (χ1v) is 11.4. The van der Waals surface area contributed by atoms with Gasteiger partial charge in [-0.2, -0.15) is 5.10 Å². The second-order valence-corrected chi connectivity index (χ2v) is 8.68. The molecule has 1 saturated heterocycles. The Labute approximate surface area is 198 Å². The number of anilines is 1. The maximum Gasteiger partial charge on any atom is 0.255 e. The highest BCUT2D eigenvalue weighted by Gasteiger charge is 2.29. The molecule has 172 valence electrons. The highest BCUT2D eigenvalue weighted by atomic mass is 16.2. The van der Waals surface area contributed by atoms with Gasteiger partial charge in [-0.25, -0.2) is 19.6 Å². The number of hydrogen-bond acceptors (Lipinski definition) is 6.